The normalized spacial score (nSPS) is 19.6. The van der Waals surface area contributed by atoms with E-state index in [0.29, 0.717) is 6.04 Å². The molecule has 1 aromatic rings. The minimum Gasteiger partial charge on any atom is -0.378 e. The summed E-state index contributed by atoms with van der Waals surface area (Å²) >= 11 is 5.57. The highest BCUT2D eigenvalue weighted by Crippen LogP contribution is 2.44. The zero-order chi connectivity index (χ0) is 13.2. The molecule has 4 heteroatoms. The lowest BCUT2D eigenvalue weighted by Gasteiger charge is -2.43. The Morgan fingerprint density at radius 2 is 2.28 bits per heavy atom. The van der Waals surface area contributed by atoms with E-state index in [-0.39, 0.29) is 5.60 Å². The number of methoxy groups -OCH3 is 1. The van der Waals surface area contributed by atoms with Crippen molar-refractivity contribution in [1.29, 1.82) is 0 Å². The van der Waals surface area contributed by atoms with Crippen molar-refractivity contribution in [2.24, 2.45) is 0 Å². The molecule has 1 saturated carbocycles. The Morgan fingerprint density at radius 3 is 2.67 bits per heavy atom. The molecule has 0 aromatic carbocycles. The maximum atomic E-state index is 5.77. The van der Waals surface area contributed by atoms with Crippen molar-refractivity contribution in [2.75, 3.05) is 13.7 Å². The van der Waals surface area contributed by atoms with Gasteiger partial charge in [0, 0.05) is 27.4 Å². The lowest BCUT2D eigenvalue weighted by atomic mass is 9.75. The second-order valence-corrected chi connectivity index (χ2v) is 7.27. The third-order valence-corrected chi connectivity index (χ3v) is 5.96. The maximum Gasteiger partial charge on any atom is 0.0697 e. The van der Waals surface area contributed by atoms with Crippen molar-refractivity contribution in [3.8, 4) is 0 Å². The van der Waals surface area contributed by atoms with Gasteiger partial charge in [0.15, 0.2) is 0 Å². The molecule has 0 radical (unpaired) electrons. The van der Waals surface area contributed by atoms with Gasteiger partial charge in [-0.2, -0.15) is 0 Å². The van der Waals surface area contributed by atoms with E-state index in [4.69, 9.17) is 4.74 Å². The predicted octanol–water partition coefficient (Wildman–Crippen LogP) is 4.43. The summed E-state index contributed by atoms with van der Waals surface area (Å²) in [5, 5.41) is 3.61. The molecule has 2 rings (SSSR count). The van der Waals surface area contributed by atoms with E-state index in [1.165, 1.54) is 33.5 Å². The number of hydrogen-bond donors (Lipinski definition) is 1. The first-order valence-electron chi connectivity index (χ1n) is 6.64. The van der Waals surface area contributed by atoms with Crippen molar-refractivity contribution in [1.82, 2.24) is 5.32 Å². The molecule has 1 N–H and O–H groups in total. The number of nitrogens with one attached hydrogen (secondary N) is 1. The molecule has 1 aliphatic carbocycles. The van der Waals surface area contributed by atoms with Gasteiger partial charge in [-0.15, -0.1) is 11.3 Å². The summed E-state index contributed by atoms with van der Waals surface area (Å²) in [6, 6.07) is 2.62. The van der Waals surface area contributed by atoms with Gasteiger partial charge in [0.25, 0.3) is 0 Å². The number of hydrogen-bond acceptors (Lipinski definition) is 3. The summed E-state index contributed by atoms with van der Waals surface area (Å²) in [5.41, 5.74) is 0.115. The second-order valence-electron chi connectivity index (χ2n) is 5.12. The van der Waals surface area contributed by atoms with Crippen molar-refractivity contribution in [3.05, 3.63) is 20.3 Å². The van der Waals surface area contributed by atoms with Gasteiger partial charge in [0.1, 0.15) is 0 Å². The molecule has 1 fully saturated rings. The first-order chi connectivity index (χ1) is 8.60. The standard InChI is InChI=1S/C14H22BrNOS/c1-4-16-12(9-14(17-3)6-5-7-14)13-11(15)8-10(2)18-13/h8,12,16H,4-7,9H2,1-3H3. The quantitative estimate of drug-likeness (QED) is 0.832. The van der Waals surface area contributed by atoms with Crippen LogP contribution in [0.2, 0.25) is 0 Å². The first kappa shape index (κ1) is 14.5. The molecule has 0 amide bonds. The van der Waals surface area contributed by atoms with Crippen LogP contribution >= 0.6 is 27.3 Å². The van der Waals surface area contributed by atoms with E-state index < -0.39 is 0 Å². The lowest BCUT2D eigenvalue weighted by molar-refractivity contribution is -0.0835. The average molecular weight is 332 g/mol. The smallest absolute Gasteiger partial charge is 0.0697 e. The molecule has 2 nitrogen and oxygen atoms in total. The van der Waals surface area contributed by atoms with Crippen LogP contribution in [0.3, 0.4) is 0 Å². The Hall–Kier alpha value is 0.100. The Balaban J connectivity index is 2.15. The van der Waals surface area contributed by atoms with Crippen LogP contribution in [0, 0.1) is 6.92 Å². The van der Waals surface area contributed by atoms with E-state index in [1.54, 1.807) is 0 Å². The monoisotopic (exact) mass is 331 g/mol. The molecule has 0 spiro atoms. The summed E-state index contributed by atoms with van der Waals surface area (Å²) in [6.07, 6.45) is 4.79. The van der Waals surface area contributed by atoms with E-state index in [0.717, 1.165) is 13.0 Å². The first-order valence-corrected chi connectivity index (χ1v) is 8.25. The molecule has 0 saturated heterocycles. The molecule has 0 aliphatic heterocycles. The van der Waals surface area contributed by atoms with Crippen molar-refractivity contribution < 1.29 is 4.74 Å². The van der Waals surface area contributed by atoms with Gasteiger partial charge in [-0.3, -0.25) is 0 Å². The molecule has 1 heterocycles. The average Bonchev–Trinajstić information content (AvgIpc) is 2.61. The lowest BCUT2D eigenvalue weighted by Crippen LogP contribution is -2.42. The van der Waals surface area contributed by atoms with Crippen molar-refractivity contribution >= 4 is 27.3 Å². The molecule has 18 heavy (non-hydrogen) atoms. The van der Waals surface area contributed by atoms with E-state index in [1.807, 2.05) is 18.4 Å². The summed E-state index contributed by atoms with van der Waals surface area (Å²) < 4.78 is 7.01. The Labute approximate surface area is 122 Å². The number of halogens is 1. The van der Waals surface area contributed by atoms with E-state index >= 15 is 0 Å². The predicted molar refractivity (Wildman–Crippen MR) is 81.4 cm³/mol. The molecule has 1 aliphatic rings. The Bertz CT molecular complexity index is 395. The summed E-state index contributed by atoms with van der Waals surface area (Å²) in [6.45, 7) is 5.33. The number of ether oxygens (including phenoxy) is 1. The van der Waals surface area contributed by atoms with Gasteiger partial charge < -0.3 is 10.1 Å². The second kappa shape index (κ2) is 6.04. The summed E-state index contributed by atoms with van der Waals surface area (Å²) in [5.74, 6) is 0. The zero-order valence-corrected chi connectivity index (χ0v) is 13.8. The fourth-order valence-corrected chi connectivity index (χ4v) is 4.68. The summed E-state index contributed by atoms with van der Waals surface area (Å²) in [4.78, 5) is 2.78. The zero-order valence-electron chi connectivity index (χ0n) is 11.4. The molecular weight excluding hydrogens is 310 g/mol. The highest BCUT2D eigenvalue weighted by atomic mass is 79.9. The largest absolute Gasteiger partial charge is 0.378 e. The minimum absolute atomic E-state index is 0.115. The van der Waals surface area contributed by atoms with Crippen LogP contribution in [0.4, 0.5) is 0 Å². The fraction of sp³-hybridized carbons (Fsp3) is 0.714. The van der Waals surface area contributed by atoms with E-state index in [9.17, 15) is 0 Å². The van der Waals surface area contributed by atoms with Crippen LogP contribution in [0.1, 0.15) is 48.4 Å². The van der Waals surface area contributed by atoms with Gasteiger partial charge in [-0.25, -0.2) is 0 Å². The molecular formula is C14H22BrNOS. The fourth-order valence-electron chi connectivity index (χ4n) is 2.68. The molecule has 1 unspecified atom stereocenters. The molecule has 102 valence electrons. The van der Waals surface area contributed by atoms with Crippen LogP contribution in [0.15, 0.2) is 10.5 Å². The van der Waals surface area contributed by atoms with Crippen LogP contribution in [0.5, 0.6) is 0 Å². The third-order valence-electron chi connectivity index (χ3n) is 3.88. The van der Waals surface area contributed by atoms with Crippen molar-refractivity contribution in [2.45, 2.75) is 51.2 Å². The van der Waals surface area contributed by atoms with Gasteiger partial charge in [0.05, 0.1) is 5.60 Å². The SMILES string of the molecule is CCNC(CC1(OC)CCC1)c1sc(C)cc1Br. The Kier molecular flexibility index (Phi) is 4.86. The van der Waals surface area contributed by atoms with Gasteiger partial charge >= 0.3 is 0 Å². The highest BCUT2D eigenvalue weighted by Gasteiger charge is 2.39. The van der Waals surface area contributed by atoms with Crippen LogP contribution in [-0.4, -0.2) is 19.3 Å². The van der Waals surface area contributed by atoms with Crippen LogP contribution in [0.25, 0.3) is 0 Å². The van der Waals surface area contributed by atoms with Crippen LogP contribution in [-0.2, 0) is 4.74 Å². The highest BCUT2D eigenvalue weighted by molar-refractivity contribution is 9.10. The van der Waals surface area contributed by atoms with E-state index in [2.05, 4.69) is 41.2 Å². The van der Waals surface area contributed by atoms with Gasteiger partial charge in [-0.05, 0) is 61.1 Å². The minimum atomic E-state index is 0.115. The molecule has 1 atom stereocenters. The number of thiophene rings is 1. The molecule has 1 aromatic heterocycles. The summed E-state index contributed by atoms with van der Waals surface area (Å²) in [7, 11) is 1.86. The third kappa shape index (κ3) is 2.98. The van der Waals surface area contributed by atoms with Gasteiger partial charge in [0.2, 0.25) is 0 Å². The topological polar surface area (TPSA) is 21.3 Å². The number of aryl methyl sites for hydroxylation is 1. The van der Waals surface area contributed by atoms with Crippen LogP contribution < -0.4 is 5.32 Å². The molecule has 0 bridgehead atoms. The van der Waals surface area contributed by atoms with Gasteiger partial charge in [-0.1, -0.05) is 6.92 Å². The Morgan fingerprint density at radius 1 is 1.56 bits per heavy atom. The number of rotatable bonds is 6. The van der Waals surface area contributed by atoms with Crippen molar-refractivity contribution in [3.63, 3.8) is 0 Å². The maximum absolute atomic E-state index is 5.77.